The second-order valence-corrected chi connectivity index (χ2v) is 4.30. The molecule has 2 heteroatoms. The van der Waals surface area contributed by atoms with Gasteiger partial charge in [-0.15, -0.1) is 0 Å². The number of rotatable bonds is 7. The number of hydrogen-bond donors (Lipinski definition) is 2. The predicted molar refractivity (Wildman–Crippen MR) is 60.2 cm³/mol. The van der Waals surface area contributed by atoms with Gasteiger partial charge in [-0.1, -0.05) is 33.6 Å². The molecule has 0 saturated heterocycles. The van der Waals surface area contributed by atoms with Gasteiger partial charge in [-0.2, -0.15) is 0 Å². The van der Waals surface area contributed by atoms with E-state index < -0.39 is 6.10 Å². The lowest BCUT2D eigenvalue weighted by Crippen LogP contribution is -2.31. The van der Waals surface area contributed by atoms with E-state index in [1.54, 1.807) is 6.92 Å². The van der Waals surface area contributed by atoms with Crippen LogP contribution in [0.25, 0.3) is 0 Å². The van der Waals surface area contributed by atoms with Crippen molar-refractivity contribution in [1.82, 2.24) is 0 Å². The molecule has 0 aliphatic heterocycles. The van der Waals surface area contributed by atoms with Gasteiger partial charge in [-0.05, 0) is 25.7 Å². The molecule has 0 aliphatic carbocycles. The zero-order chi connectivity index (χ0) is 11.1. The fourth-order valence-corrected chi connectivity index (χ4v) is 2.07. The summed E-state index contributed by atoms with van der Waals surface area (Å²) >= 11 is 0. The second-order valence-electron chi connectivity index (χ2n) is 4.30. The lowest BCUT2D eigenvalue weighted by Gasteiger charge is -2.27. The molecule has 0 bridgehead atoms. The van der Waals surface area contributed by atoms with Gasteiger partial charge >= 0.3 is 0 Å². The Bertz CT molecular complexity index is 130. The molecule has 3 unspecified atom stereocenters. The SMILES string of the molecule is CCC(CC)CC(O)C(CC)C(C)O. The summed E-state index contributed by atoms with van der Waals surface area (Å²) in [5.74, 6) is 0.633. The molecule has 0 spiro atoms. The molecule has 0 radical (unpaired) electrons. The molecule has 0 fully saturated rings. The normalized spacial score (nSPS) is 18.2. The average Bonchev–Trinajstić information content (AvgIpc) is 2.14. The molecule has 0 rings (SSSR count). The molecule has 3 atom stereocenters. The Morgan fingerprint density at radius 1 is 0.929 bits per heavy atom. The Morgan fingerprint density at radius 3 is 1.71 bits per heavy atom. The first-order valence-corrected chi connectivity index (χ1v) is 5.92. The maximum absolute atomic E-state index is 9.95. The lowest BCUT2D eigenvalue weighted by molar-refractivity contribution is 0.00622. The van der Waals surface area contributed by atoms with E-state index in [1.807, 2.05) is 6.92 Å². The van der Waals surface area contributed by atoms with E-state index in [0.29, 0.717) is 5.92 Å². The molecule has 0 saturated carbocycles. The molecule has 2 nitrogen and oxygen atoms in total. The van der Waals surface area contributed by atoms with Crippen LogP contribution in [0.3, 0.4) is 0 Å². The molecule has 0 aliphatic rings. The number of aliphatic hydroxyl groups excluding tert-OH is 2. The van der Waals surface area contributed by atoms with Crippen LogP contribution in [0.15, 0.2) is 0 Å². The molecular weight excluding hydrogens is 176 g/mol. The van der Waals surface area contributed by atoms with Gasteiger partial charge in [-0.3, -0.25) is 0 Å². The van der Waals surface area contributed by atoms with Crippen molar-refractivity contribution in [2.45, 2.75) is 65.6 Å². The predicted octanol–water partition coefficient (Wildman–Crippen LogP) is 2.58. The summed E-state index contributed by atoms with van der Waals surface area (Å²) in [5.41, 5.74) is 0. The zero-order valence-corrected chi connectivity index (χ0v) is 10.0. The van der Waals surface area contributed by atoms with Crippen LogP contribution >= 0.6 is 0 Å². The topological polar surface area (TPSA) is 40.5 Å². The van der Waals surface area contributed by atoms with E-state index in [2.05, 4.69) is 13.8 Å². The summed E-state index contributed by atoms with van der Waals surface area (Å²) in [6.07, 6.45) is 3.16. The average molecular weight is 202 g/mol. The van der Waals surface area contributed by atoms with Gasteiger partial charge in [0.2, 0.25) is 0 Å². The monoisotopic (exact) mass is 202 g/mol. The minimum Gasteiger partial charge on any atom is -0.393 e. The van der Waals surface area contributed by atoms with E-state index in [-0.39, 0.29) is 12.0 Å². The smallest absolute Gasteiger partial charge is 0.0595 e. The first kappa shape index (κ1) is 13.9. The first-order chi connectivity index (χ1) is 6.56. The highest BCUT2D eigenvalue weighted by Crippen LogP contribution is 2.23. The summed E-state index contributed by atoms with van der Waals surface area (Å²) < 4.78 is 0. The van der Waals surface area contributed by atoms with Crippen LogP contribution in [-0.2, 0) is 0 Å². The maximum Gasteiger partial charge on any atom is 0.0595 e. The fourth-order valence-electron chi connectivity index (χ4n) is 2.07. The van der Waals surface area contributed by atoms with Gasteiger partial charge < -0.3 is 10.2 Å². The number of hydrogen-bond acceptors (Lipinski definition) is 2. The fraction of sp³-hybridized carbons (Fsp3) is 1.00. The third-order valence-electron chi connectivity index (χ3n) is 3.31. The van der Waals surface area contributed by atoms with Gasteiger partial charge in [0.05, 0.1) is 12.2 Å². The van der Waals surface area contributed by atoms with Crippen molar-refractivity contribution in [3.05, 3.63) is 0 Å². The standard InChI is InChI=1S/C12H26O2/c1-5-10(6-2)8-12(14)11(7-3)9(4)13/h9-14H,5-8H2,1-4H3. The van der Waals surface area contributed by atoms with Crippen LogP contribution in [-0.4, -0.2) is 22.4 Å². The summed E-state index contributed by atoms with van der Waals surface area (Å²) in [5, 5.41) is 19.4. The molecule has 2 N–H and O–H groups in total. The van der Waals surface area contributed by atoms with Crippen LogP contribution in [0.5, 0.6) is 0 Å². The van der Waals surface area contributed by atoms with Gasteiger partial charge in [0.1, 0.15) is 0 Å². The Labute approximate surface area is 88.3 Å². The van der Waals surface area contributed by atoms with E-state index in [9.17, 15) is 10.2 Å². The summed E-state index contributed by atoms with van der Waals surface area (Å²) in [7, 11) is 0. The van der Waals surface area contributed by atoms with Crippen LogP contribution < -0.4 is 0 Å². The zero-order valence-electron chi connectivity index (χ0n) is 10.0. The maximum atomic E-state index is 9.95. The van der Waals surface area contributed by atoms with Crippen LogP contribution in [0.4, 0.5) is 0 Å². The minimum atomic E-state index is -0.399. The quantitative estimate of drug-likeness (QED) is 0.666. The molecule has 86 valence electrons. The molecular formula is C12H26O2. The highest BCUT2D eigenvalue weighted by molar-refractivity contribution is 4.74. The van der Waals surface area contributed by atoms with Gasteiger partial charge in [0, 0.05) is 5.92 Å². The van der Waals surface area contributed by atoms with E-state index in [0.717, 1.165) is 25.7 Å². The van der Waals surface area contributed by atoms with Crippen molar-refractivity contribution in [3.8, 4) is 0 Å². The Kier molecular flexibility index (Phi) is 7.20. The van der Waals surface area contributed by atoms with Crippen molar-refractivity contribution in [2.24, 2.45) is 11.8 Å². The Morgan fingerprint density at radius 2 is 1.43 bits per heavy atom. The Hall–Kier alpha value is -0.0800. The van der Waals surface area contributed by atoms with Crippen LogP contribution in [0.2, 0.25) is 0 Å². The van der Waals surface area contributed by atoms with E-state index in [1.165, 1.54) is 0 Å². The molecule has 14 heavy (non-hydrogen) atoms. The van der Waals surface area contributed by atoms with Crippen molar-refractivity contribution in [3.63, 3.8) is 0 Å². The third-order valence-corrected chi connectivity index (χ3v) is 3.31. The van der Waals surface area contributed by atoms with Crippen LogP contribution in [0.1, 0.15) is 53.4 Å². The molecule has 0 aromatic heterocycles. The highest BCUT2D eigenvalue weighted by atomic mass is 16.3. The Balaban J connectivity index is 4.08. The third kappa shape index (κ3) is 4.43. The van der Waals surface area contributed by atoms with Crippen LogP contribution in [0, 0.1) is 11.8 Å². The summed E-state index contributed by atoms with van der Waals surface area (Å²) in [6, 6.07) is 0. The highest BCUT2D eigenvalue weighted by Gasteiger charge is 2.23. The number of aliphatic hydroxyl groups is 2. The molecule has 0 amide bonds. The van der Waals surface area contributed by atoms with E-state index >= 15 is 0 Å². The van der Waals surface area contributed by atoms with Gasteiger partial charge in [0.25, 0.3) is 0 Å². The van der Waals surface area contributed by atoms with Gasteiger partial charge in [-0.25, -0.2) is 0 Å². The molecule has 0 heterocycles. The molecule has 0 aromatic rings. The van der Waals surface area contributed by atoms with Crippen molar-refractivity contribution in [1.29, 1.82) is 0 Å². The van der Waals surface area contributed by atoms with Crippen molar-refractivity contribution < 1.29 is 10.2 Å². The summed E-state index contributed by atoms with van der Waals surface area (Å²) in [6.45, 7) is 8.10. The second kappa shape index (κ2) is 7.24. The molecule has 0 aromatic carbocycles. The van der Waals surface area contributed by atoms with Crippen molar-refractivity contribution >= 4 is 0 Å². The largest absolute Gasteiger partial charge is 0.393 e. The van der Waals surface area contributed by atoms with Crippen molar-refractivity contribution in [2.75, 3.05) is 0 Å². The van der Waals surface area contributed by atoms with E-state index in [4.69, 9.17) is 0 Å². The summed E-state index contributed by atoms with van der Waals surface area (Å²) in [4.78, 5) is 0. The minimum absolute atomic E-state index is 0.0376. The van der Waals surface area contributed by atoms with Gasteiger partial charge in [0.15, 0.2) is 0 Å². The lowest BCUT2D eigenvalue weighted by atomic mass is 9.86. The first-order valence-electron chi connectivity index (χ1n) is 5.92.